The Hall–Kier alpha value is -0.961. The number of aromatic amines is 2. The molecule has 0 spiro atoms. The normalized spacial score (nSPS) is 9.33. The summed E-state index contributed by atoms with van der Waals surface area (Å²) in [6.45, 7) is 0. The van der Waals surface area contributed by atoms with E-state index in [-0.39, 0.29) is 37.2 Å². The Morgan fingerprint density at radius 2 is 1.00 bits per heavy atom. The Kier molecular flexibility index (Phi) is 8.09. The smallest absolute Gasteiger partial charge is 0.856 e. The summed E-state index contributed by atoms with van der Waals surface area (Å²) in [5.74, 6) is -1.46. The maximum atomic E-state index is 10.5. The number of hydrogen-bond donors (Lipinski definition) is 2. The average Bonchev–Trinajstić information content (AvgIpc) is 2.43. The molecular weight excluding hydrogens is 421 g/mol. The Morgan fingerprint density at radius 1 is 0.714 bits per heavy atom. The van der Waals surface area contributed by atoms with E-state index in [2.05, 4.69) is 10.2 Å². The van der Waals surface area contributed by atoms with Crippen LogP contribution >= 0.6 is 46.4 Å². The molecule has 2 aromatic rings. The Balaban J connectivity index is 0.000000364. The van der Waals surface area contributed by atoms with Crippen LogP contribution in [0.2, 0.25) is 20.1 Å². The van der Waals surface area contributed by atoms with E-state index in [1.54, 1.807) is 0 Å². The van der Waals surface area contributed by atoms with Gasteiger partial charge in [-0.2, -0.15) is 10.2 Å². The van der Waals surface area contributed by atoms with Crippen molar-refractivity contribution in [3.8, 4) is 11.8 Å². The van der Waals surface area contributed by atoms with Gasteiger partial charge in [0, 0.05) is 11.8 Å². The standard InChI is InChI=1S/2C4H2Cl2N2O2.Cu/c2*5-1-2(6)4(10)8-7-3(1)9;/h2*(H,7,9)(H,8,10);/q;;+2/p-2. The van der Waals surface area contributed by atoms with Gasteiger partial charge in [0.15, 0.2) is 0 Å². The molecule has 117 valence electrons. The van der Waals surface area contributed by atoms with Gasteiger partial charge in [-0.25, -0.2) is 10.2 Å². The molecule has 2 aromatic heterocycles. The molecule has 1 radical (unpaired) electrons. The van der Waals surface area contributed by atoms with Crippen molar-refractivity contribution in [3.63, 3.8) is 0 Å². The molecule has 0 aliphatic rings. The third-order valence-corrected chi connectivity index (χ3v) is 3.29. The van der Waals surface area contributed by atoms with Crippen molar-refractivity contribution in [1.29, 1.82) is 0 Å². The van der Waals surface area contributed by atoms with Crippen LogP contribution in [0.4, 0.5) is 0 Å². The molecule has 0 unspecified atom stereocenters. The second-order valence-corrected chi connectivity index (χ2v) is 4.48. The van der Waals surface area contributed by atoms with Gasteiger partial charge in [0.05, 0.1) is 10.0 Å². The third-order valence-electron chi connectivity index (χ3n) is 1.68. The number of halogens is 4. The first kappa shape index (κ1) is 20.0. The summed E-state index contributed by atoms with van der Waals surface area (Å²) >= 11 is 21.0. The fourth-order valence-corrected chi connectivity index (χ4v) is 1.29. The van der Waals surface area contributed by atoms with Crippen molar-refractivity contribution in [1.82, 2.24) is 20.4 Å². The summed E-state index contributed by atoms with van der Waals surface area (Å²) in [6.07, 6.45) is 0. The zero-order chi connectivity index (χ0) is 15.4. The summed E-state index contributed by atoms with van der Waals surface area (Å²) in [6, 6.07) is 0. The number of hydrogen-bond acceptors (Lipinski definition) is 6. The quantitative estimate of drug-likeness (QED) is 0.585. The predicted molar refractivity (Wildman–Crippen MR) is 68.6 cm³/mol. The zero-order valence-corrected chi connectivity index (χ0v) is 13.3. The number of nitrogens with one attached hydrogen (secondary N) is 2. The molecule has 0 saturated carbocycles. The van der Waals surface area contributed by atoms with Crippen LogP contribution in [0, 0.1) is 0 Å². The van der Waals surface area contributed by atoms with Gasteiger partial charge in [0.1, 0.15) is 10.0 Å². The molecule has 0 atom stereocenters. The van der Waals surface area contributed by atoms with E-state index in [1.165, 1.54) is 0 Å². The van der Waals surface area contributed by atoms with Gasteiger partial charge in [-0.1, -0.05) is 46.4 Å². The summed E-state index contributed by atoms with van der Waals surface area (Å²) in [7, 11) is 0. The van der Waals surface area contributed by atoms with Gasteiger partial charge in [-0.15, -0.1) is 0 Å². The van der Waals surface area contributed by atoms with E-state index >= 15 is 0 Å². The molecule has 8 nitrogen and oxygen atoms in total. The van der Waals surface area contributed by atoms with Gasteiger partial charge in [0.2, 0.25) is 0 Å². The van der Waals surface area contributed by atoms with Gasteiger partial charge < -0.3 is 10.2 Å². The average molecular weight is 423 g/mol. The van der Waals surface area contributed by atoms with Crippen LogP contribution in [0.1, 0.15) is 0 Å². The summed E-state index contributed by atoms with van der Waals surface area (Å²) in [4.78, 5) is 21.0. The maximum absolute atomic E-state index is 10.5. The topological polar surface area (TPSA) is 138 Å². The van der Waals surface area contributed by atoms with E-state index in [0.717, 1.165) is 0 Å². The van der Waals surface area contributed by atoms with Crippen molar-refractivity contribution in [2.24, 2.45) is 0 Å². The number of H-pyrrole nitrogens is 2. The van der Waals surface area contributed by atoms with Crippen molar-refractivity contribution < 1.29 is 27.3 Å². The molecular formula is C8H2Cl4CuN4O4. The number of nitrogens with zero attached hydrogens (tertiary/aromatic N) is 2. The molecule has 13 heteroatoms. The Labute approximate surface area is 146 Å². The Morgan fingerprint density at radius 3 is 1.24 bits per heavy atom. The summed E-state index contributed by atoms with van der Waals surface area (Å²) in [5.41, 5.74) is -1.32. The molecule has 0 aliphatic carbocycles. The van der Waals surface area contributed by atoms with E-state index in [0.29, 0.717) is 0 Å². The van der Waals surface area contributed by atoms with Gasteiger partial charge >= 0.3 is 17.1 Å². The van der Waals surface area contributed by atoms with Gasteiger partial charge in [-0.3, -0.25) is 9.59 Å². The van der Waals surface area contributed by atoms with Crippen LogP contribution < -0.4 is 21.3 Å². The molecule has 0 aliphatic heterocycles. The minimum Gasteiger partial charge on any atom is -0.856 e. The number of rotatable bonds is 0. The van der Waals surface area contributed by atoms with E-state index in [4.69, 9.17) is 46.4 Å². The van der Waals surface area contributed by atoms with Crippen molar-refractivity contribution in [3.05, 3.63) is 40.8 Å². The maximum Gasteiger partial charge on any atom is 2.00 e. The zero-order valence-electron chi connectivity index (χ0n) is 9.34. The molecule has 0 amide bonds. The van der Waals surface area contributed by atoms with Crippen molar-refractivity contribution in [2.75, 3.05) is 0 Å². The first-order valence-electron chi connectivity index (χ1n) is 4.47. The second-order valence-electron chi connectivity index (χ2n) is 2.97. The molecule has 21 heavy (non-hydrogen) atoms. The molecule has 0 aromatic carbocycles. The van der Waals surface area contributed by atoms with E-state index < -0.39 is 22.9 Å². The molecule has 2 heterocycles. The summed E-state index contributed by atoms with van der Waals surface area (Å²) < 4.78 is 0. The van der Waals surface area contributed by atoms with Crippen molar-refractivity contribution in [2.45, 2.75) is 0 Å². The monoisotopic (exact) mass is 421 g/mol. The largest absolute Gasteiger partial charge is 2.00 e. The van der Waals surface area contributed by atoms with E-state index in [1.807, 2.05) is 10.2 Å². The molecule has 2 rings (SSSR count). The molecule has 0 saturated heterocycles. The predicted octanol–water partition coefficient (Wildman–Crippen LogP) is 0.298. The first-order chi connectivity index (χ1) is 9.25. The van der Waals surface area contributed by atoms with Crippen LogP contribution in [0.25, 0.3) is 0 Å². The SMILES string of the molecule is O=c1[nH]nc([O-])c(Cl)c1Cl.O=c1[nH]nc([O-])c(Cl)c1Cl.[Cu+2]. The third kappa shape index (κ3) is 5.06. The second kappa shape index (κ2) is 8.47. The van der Waals surface area contributed by atoms with Gasteiger partial charge in [0.25, 0.3) is 11.1 Å². The van der Waals surface area contributed by atoms with Crippen molar-refractivity contribution >= 4 is 46.4 Å². The van der Waals surface area contributed by atoms with Crippen LogP contribution in [-0.4, -0.2) is 20.4 Å². The fraction of sp³-hybridized carbons (Fsp3) is 0. The molecule has 2 N–H and O–H groups in total. The minimum absolute atomic E-state index is 0. The van der Waals surface area contributed by atoms with Crippen LogP contribution in [0.3, 0.4) is 0 Å². The number of aromatic nitrogens is 4. The first-order valence-corrected chi connectivity index (χ1v) is 5.98. The minimum atomic E-state index is -0.730. The van der Waals surface area contributed by atoms with Crippen LogP contribution in [0.5, 0.6) is 11.8 Å². The van der Waals surface area contributed by atoms with E-state index in [9.17, 15) is 19.8 Å². The molecule has 0 fully saturated rings. The summed E-state index contributed by atoms with van der Waals surface area (Å²) in [5, 5.41) is 29.5. The van der Waals surface area contributed by atoms with Gasteiger partial charge in [-0.05, 0) is 0 Å². The fourth-order valence-electron chi connectivity index (χ4n) is 0.787. The van der Waals surface area contributed by atoms with Crippen LogP contribution in [0.15, 0.2) is 9.59 Å². The Bertz CT molecular complexity index is 687. The van der Waals surface area contributed by atoms with Crippen LogP contribution in [-0.2, 0) is 17.1 Å². The molecule has 0 bridgehead atoms.